The number of ketones is 1. The Labute approximate surface area is 105 Å². The van der Waals surface area contributed by atoms with Gasteiger partial charge in [-0.15, -0.1) is 0 Å². The molecule has 0 amide bonds. The van der Waals surface area contributed by atoms with Crippen molar-refractivity contribution in [2.45, 2.75) is 26.1 Å². The first-order valence-electron chi connectivity index (χ1n) is 5.52. The maximum atomic E-state index is 11.8. The van der Waals surface area contributed by atoms with Crippen LogP contribution >= 0.6 is 0 Å². The van der Waals surface area contributed by atoms with E-state index in [1.807, 2.05) is 0 Å². The average molecular weight is 225 g/mol. The Bertz CT molecular complexity index is 367. The van der Waals surface area contributed by atoms with Gasteiger partial charge in [-0.3, -0.25) is 0 Å². The number of rotatable bonds is 3. The van der Waals surface area contributed by atoms with E-state index in [1.165, 1.54) is 6.81 Å². The van der Waals surface area contributed by atoms with Crippen molar-refractivity contribution in [2.75, 3.05) is 0 Å². The summed E-state index contributed by atoms with van der Waals surface area (Å²) in [7, 11) is 10.8. The number of carbonyl (C=O) groups is 1. The Balaban J connectivity index is 3.03. The van der Waals surface area contributed by atoms with Crippen molar-refractivity contribution in [1.29, 1.82) is 0 Å². The van der Waals surface area contributed by atoms with Crippen molar-refractivity contribution < 1.29 is 15.0 Å². The summed E-state index contributed by atoms with van der Waals surface area (Å²) in [5, 5.41) is 19.9. The van der Waals surface area contributed by atoms with Crippen LogP contribution in [-0.4, -0.2) is 62.3 Å². The molecule has 4 atom stereocenters. The molecule has 3 nitrogen and oxygen atoms in total. The van der Waals surface area contributed by atoms with Crippen molar-refractivity contribution in [3.8, 4) is 0 Å². The molecule has 4 unspecified atom stereocenters. The molecule has 1 fully saturated rings. The predicted octanol–water partition coefficient (Wildman–Crippen LogP) is -1.68. The number of Topliss-reactive ketones (excluding diaryl/α,β-unsaturated/α-hetero) is 1. The molecule has 4 radical (unpaired) electrons. The van der Waals surface area contributed by atoms with E-state index >= 15 is 0 Å². The Hall–Kier alpha value is -0.540. The normalized spacial score (nSPS) is 33.4. The van der Waals surface area contributed by atoms with E-state index in [4.69, 9.17) is 15.5 Å². The quantitative estimate of drug-likeness (QED) is 0.446. The summed E-state index contributed by atoms with van der Waals surface area (Å²) in [5.74, 6) is -1.76. The average Bonchev–Trinajstić information content (AvgIpc) is 2.36. The van der Waals surface area contributed by atoms with Crippen molar-refractivity contribution in [1.82, 2.24) is 0 Å². The van der Waals surface area contributed by atoms with E-state index in [0.717, 1.165) is 0 Å². The van der Waals surface area contributed by atoms with E-state index in [9.17, 15) is 15.0 Å². The van der Waals surface area contributed by atoms with Crippen LogP contribution in [0.25, 0.3) is 0 Å². The fourth-order valence-corrected chi connectivity index (χ4v) is 2.39. The Morgan fingerprint density at radius 3 is 2.29 bits per heavy atom. The van der Waals surface area contributed by atoms with Crippen molar-refractivity contribution in [2.24, 2.45) is 11.8 Å². The van der Waals surface area contributed by atoms with Crippen LogP contribution in [0, 0.1) is 11.8 Å². The summed E-state index contributed by atoms with van der Waals surface area (Å²) in [4.78, 5) is 11.8. The summed E-state index contributed by atoms with van der Waals surface area (Å²) in [5.41, 5.74) is 1.17. The molecule has 1 aliphatic carbocycles. The van der Waals surface area contributed by atoms with Crippen LogP contribution in [-0.2, 0) is 4.79 Å². The maximum absolute atomic E-state index is 11.8. The third-order valence-electron chi connectivity index (χ3n) is 3.16. The molecule has 1 aliphatic rings. The third kappa shape index (κ3) is 2.83. The zero-order valence-corrected chi connectivity index (χ0v) is 10.1. The first-order chi connectivity index (χ1) is 7.77. The van der Waals surface area contributed by atoms with Gasteiger partial charge in [0.15, 0.2) is 0 Å². The Morgan fingerprint density at radius 1 is 1.41 bits per heavy atom. The van der Waals surface area contributed by atoms with Gasteiger partial charge in [0.1, 0.15) is 0 Å². The van der Waals surface area contributed by atoms with Crippen LogP contribution in [0.2, 0.25) is 0 Å². The molecule has 17 heavy (non-hydrogen) atoms. The first-order valence-corrected chi connectivity index (χ1v) is 5.52. The molecule has 0 aromatic rings. The van der Waals surface area contributed by atoms with E-state index in [1.54, 1.807) is 13.8 Å². The fraction of sp³-hybridized carbons (Fsp3) is 0.600. The summed E-state index contributed by atoms with van der Waals surface area (Å²) >= 11 is 0. The molecule has 0 aromatic heterocycles. The SMILES string of the molecule is [B]B([B])B=C(C)C1C(O)C(=O)C(C(=C)C)C1O. The standard InChI is InChI=1S/C10H14B4O3/c1-4(2)6-8(15)7(10(17)9(6)16)5(3)13-14(11)12/h6-8,10,15,17H,1H2,2-3H3. The minimum atomic E-state index is -1.22. The van der Waals surface area contributed by atoms with Crippen LogP contribution < -0.4 is 0 Å². The first kappa shape index (κ1) is 14.5. The van der Waals surface area contributed by atoms with E-state index in [0.29, 0.717) is 11.0 Å². The van der Waals surface area contributed by atoms with Gasteiger partial charge in [-0.05, 0) is 0 Å². The molecule has 2 N–H and O–H groups in total. The molecule has 0 aliphatic heterocycles. The summed E-state index contributed by atoms with van der Waals surface area (Å²) in [6, 6.07) is 0. The molecule has 0 aromatic carbocycles. The molecular weight excluding hydrogens is 211 g/mol. The van der Waals surface area contributed by atoms with Crippen LogP contribution in [0.3, 0.4) is 0 Å². The zero-order valence-electron chi connectivity index (χ0n) is 10.1. The molecule has 1 rings (SSSR count). The predicted molar refractivity (Wildman–Crippen MR) is 72.5 cm³/mol. The molecule has 0 spiro atoms. The van der Waals surface area contributed by atoms with Gasteiger partial charge >= 0.3 is 105 Å². The molecule has 0 bridgehead atoms. The van der Waals surface area contributed by atoms with E-state index in [-0.39, 0.29) is 0 Å². The van der Waals surface area contributed by atoms with Crippen LogP contribution in [0.1, 0.15) is 13.8 Å². The van der Waals surface area contributed by atoms with Crippen molar-refractivity contribution in [3.05, 3.63) is 12.2 Å². The molecule has 7 heteroatoms. The molecular formula is C10H14B4O3. The zero-order chi connectivity index (χ0) is 13.3. The van der Waals surface area contributed by atoms with E-state index < -0.39 is 36.2 Å². The molecule has 84 valence electrons. The topological polar surface area (TPSA) is 57.5 Å². The van der Waals surface area contributed by atoms with Gasteiger partial charge in [0.25, 0.3) is 0 Å². The monoisotopic (exact) mass is 226 g/mol. The van der Waals surface area contributed by atoms with Crippen LogP contribution in [0.15, 0.2) is 12.2 Å². The Morgan fingerprint density at radius 2 is 1.94 bits per heavy atom. The number of aliphatic hydroxyl groups excluding tert-OH is 2. The van der Waals surface area contributed by atoms with Gasteiger partial charge in [0, 0.05) is 0 Å². The fourth-order valence-electron chi connectivity index (χ4n) is 2.39. The molecule has 0 heterocycles. The molecule has 0 saturated heterocycles. The van der Waals surface area contributed by atoms with E-state index in [2.05, 4.69) is 6.58 Å². The number of aliphatic hydroxyl groups is 2. The van der Waals surface area contributed by atoms with Crippen LogP contribution in [0.5, 0.6) is 0 Å². The Kier molecular flexibility index (Phi) is 4.61. The van der Waals surface area contributed by atoms with Gasteiger partial charge < -0.3 is 0 Å². The van der Waals surface area contributed by atoms with Crippen LogP contribution in [0.4, 0.5) is 0 Å². The van der Waals surface area contributed by atoms with Crippen molar-refractivity contribution >= 4 is 39.9 Å². The summed E-state index contributed by atoms with van der Waals surface area (Å²) in [6.45, 7) is 8.55. The number of carbonyl (C=O) groups excluding carboxylic acids is 1. The number of hydrogen-bond donors (Lipinski definition) is 2. The van der Waals surface area contributed by atoms with Gasteiger partial charge in [-0.2, -0.15) is 0 Å². The van der Waals surface area contributed by atoms with Gasteiger partial charge in [-0.1, -0.05) is 0 Å². The second-order valence-corrected chi connectivity index (χ2v) is 4.68. The second kappa shape index (κ2) is 5.40. The summed E-state index contributed by atoms with van der Waals surface area (Å²) in [6.07, 6.45) is -2.86. The second-order valence-electron chi connectivity index (χ2n) is 4.68. The number of hydrogen-bond acceptors (Lipinski definition) is 3. The third-order valence-corrected chi connectivity index (χ3v) is 3.16. The van der Waals surface area contributed by atoms with Gasteiger partial charge in [0.05, 0.1) is 0 Å². The van der Waals surface area contributed by atoms with Crippen molar-refractivity contribution in [3.63, 3.8) is 0 Å². The van der Waals surface area contributed by atoms with Gasteiger partial charge in [0.2, 0.25) is 0 Å². The summed E-state index contributed by atoms with van der Waals surface area (Å²) < 4.78 is 0. The minimum absolute atomic E-state index is 0.395. The molecule has 1 saturated carbocycles. The van der Waals surface area contributed by atoms with Gasteiger partial charge in [-0.25, -0.2) is 0 Å².